The molecular weight excluding hydrogens is 364 g/mol. The fourth-order valence-electron chi connectivity index (χ4n) is 3.55. The number of benzene rings is 1. The molecule has 1 aromatic rings. The summed E-state index contributed by atoms with van der Waals surface area (Å²) in [5, 5.41) is 3.76. The van der Waals surface area contributed by atoms with Crippen molar-refractivity contribution in [2.24, 2.45) is 5.92 Å². The lowest BCUT2D eigenvalue weighted by Gasteiger charge is -2.32. The van der Waals surface area contributed by atoms with E-state index in [4.69, 9.17) is 0 Å². The number of carbonyl (C=O) groups is 2. The van der Waals surface area contributed by atoms with E-state index in [2.05, 4.69) is 5.32 Å². The highest BCUT2D eigenvalue weighted by Crippen LogP contribution is 2.39. The van der Waals surface area contributed by atoms with E-state index < -0.39 is 0 Å². The summed E-state index contributed by atoms with van der Waals surface area (Å²) < 4.78 is 0. The maximum absolute atomic E-state index is 12.5. The molecule has 142 valence electrons. The topological polar surface area (TPSA) is 49.4 Å². The molecule has 0 saturated carbocycles. The molecule has 0 aromatic heterocycles. The molecule has 2 fully saturated rings. The van der Waals surface area contributed by atoms with E-state index in [1.54, 1.807) is 0 Å². The van der Waals surface area contributed by atoms with Gasteiger partial charge < -0.3 is 10.2 Å². The number of nitrogens with one attached hydrogen (secondary N) is 1. The van der Waals surface area contributed by atoms with Crippen molar-refractivity contribution in [3.05, 3.63) is 30.3 Å². The van der Waals surface area contributed by atoms with Crippen LogP contribution in [-0.4, -0.2) is 40.8 Å². The maximum Gasteiger partial charge on any atom is 0.229 e. The summed E-state index contributed by atoms with van der Waals surface area (Å²) >= 11 is 0. The number of nitrogens with zero attached hydrogens (tertiary/aromatic N) is 1. The zero-order valence-corrected chi connectivity index (χ0v) is 16.8. The largest absolute Gasteiger partial charge is 0.342 e. The van der Waals surface area contributed by atoms with E-state index in [0.29, 0.717) is 13.0 Å². The van der Waals surface area contributed by atoms with Gasteiger partial charge >= 0.3 is 0 Å². The van der Waals surface area contributed by atoms with E-state index in [0.717, 1.165) is 43.2 Å². The van der Waals surface area contributed by atoms with Crippen LogP contribution >= 0.6 is 21.6 Å². The summed E-state index contributed by atoms with van der Waals surface area (Å²) in [5.41, 5.74) is 0.823. The van der Waals surface area contributed by atoms with Gasteiger partial charge in [-0.15, -0.1) is 0 Å². The zero-order chi connectivity index (χ0) is 18.2. The average molecular weight is 393 g/mol. The molecule has 26 heavy (non-hydrogen) atoms. The Morgan fingerprint density at radius 3 is 2.77 bits per heavy atom. The standard InChI is InChI=1S/C20H28N2O2S2/c23-19(11-5-4-10-18-12-14-25-26-18)22-13-6-7-16(15-22)20(24)21-17-8-2-1-3-9-17/h1-3,8-9,16,18H,4-7,10-15H2,(H,21,24)/t16-,18-/m0/s1. The van der Waals surface area contributed by atoms with Gasteiger partial charge in [0, 0.05) is 36.2 Å². The Balaban J connectivity index is 1.39. The highest BCUT2D eigenvalue weighted by atomic mass is 33.1. The van der Waals surface area contributed by atoms with Gasteiger partial charge in [-0.3, -0.25) is 9.59 Å². The molecule has 2 atom stereocenters. The number of likely N-dealkylation sites (tertiary alicyclic amines) is 1. The van der Waals surface area contributed by atoms with E-state index >= 15 is 0 Å². The van der Waals surface area contributed by atoms with Crippen LogP contribution in [0.15, 0.2) is 30.3 Å². The molecule has 3 rings (SSSR count). The van der Waals surface area contributed by atoms with Crippen LogP contribution in [0.3, 0.4) is 0 Å². The van der Waals surface area contributed by atoms with Gasteiger partial charge in [0.1, 0.15) is 0 Å². The molecule has 2 aliphatic heterocycles. The first-order chi connectivity index (χ1) is 12.7. The number of hydrogen-bond acceptors (Lipinski definition) is 4. The van der Waals surface area contributed by atoms with Gasteiger partial charge in [0.05, 0.1) is 5.92 Å². The average Bonchev–Trinajstić information content (AvgIpc) is 3.19. The SMILES string of the molecule is O=C(Nc1ccccc1)[C@H]1CCCN(C(=O)CCCC[C@H]2CCSS2)C1. The van der Waals surface area contributed by atoms with Gasteiger partial charge in [0.2, 0.25) is 11.8 Å². The molecule has 0 unspecified atom stereocenters. The predicted octanol–water partition coefficient (Wildman–Crippen LogP) is 4.58. The van der Waals surface area contributed by atoms with E-state index in [1.165, 1.54) is 18.6 Å². The molecule has 1 aromatic carbocycles. The highest BCUT2D eigenvalue weighted by molar-refractivity contribution is 8.77. The number of amides is 2. The van der Waals surface area contributed by atoms with Crippen LogP contribution in [0.2, 0.25) is 0 Å². The van der Waals surface area contributed by atoms with Crippen LogP contribution in [0.5, 0.6) is 0 Å². The third-order valence-corrected chi connectivity index (χ3v) is 8.09. The van der Waals surface area contributed by atoms with Gasteiger partial charge in [0.15, 0.2) is 0 Å². The molecule has 0 bridgehead atoms. The molecule has 2 saturated heterocycles. The number of hydrogen-bond donors (Lipinski definition) is 1. The van der Waals surface area contributed by atoms with Gasteiger partial charge in [0.25, 0.3) is 0 Å². The van der Waals surface area contributed by atoms with Crippen LogP contribution in [0, 0.1) is 5.92 Å². The minimum absolute atomic E-state index is 0.0319. The number of unbranched alkanes of at least 4 members (excludes halogenated alkanes) is 1. The lowest BCUT2D eigenvalue weighted by molar-refractivity contribution is -0.134. The van der Waals surface area contributed by atoms with Crippen molar-refractivity contribution < 1.29 is 9.59 Å². The maximum atomic E-state index is 12.5. The van der Waals surface area contributed by atoms with E-state index in [9.17, 15) is 9.59 Å². The zero-order valence-electron chi connectivity index (χ0n) is 15.2. The first-order valence-electron chi connectivity index (χ1n) is 9.64. The van der Waals surface area contributed by atoms with E-state index in [1.807, 2.05) is 56.8 Å². The summed E-state index contributed by atoms with van der Waals surface area (Å²) in [7, 11) is 3.99. The first-order valence-corrected chi connectivity index (χ1v) is 12.0. The Kier molecular flexibility index (Phi) is 7.74. The monoisotopic (exact) mass is 392 g/mol. The second-order valence-corrected chi connectivity index (χ2v) is 9.90. The lowest BCUT2D eigenvalue weighted by Crippen LogP contribution is -2.43. The van der Waals surface area contributed by atoms with Crippen LogP contribution in [0.25, 0.3) is 0 Å². The third kappa shape index (κ3) is 5.95. The number of carbonyl (C=O) groups excluding carboxylic acids is 2. The van der Waals surface area contributed by atoms with E-state index in [-0.39, 0.29) is 17.7 Å². The second kappa shape index (κ2) is 10.3. The smallest absolute Gasteiger partial charge is 0.229 e. The van der Waals surface area contributed by atoms with Crippen molar-refractivity contribution in [1.82, 2.24) is 4.90 Å². The Hall–Kier alpha value is -1.14. The Morgan fingerprint density at radius 1 is 1.15 bits per heavy atom. The highest BCUT2D eigenvalue weighted by Gasteiger charge is 2.28. The van der Waals surface area contributed by atoms with Crippen LogP contribution in [0.4, 0.5) is 5.69 Å². The van der Waals surface area contributed by atoms with Gasteiger partial charge in [-0.25, -0.2) is 0 Å². The minimum Gasteiger partial charge on any atom is -0.342 e. The molecule has 2 amide bonds. The fraction of sp³-hybridized carbons (Fsp3) is 0.600. The molecule has 0 radical (unpaired) electrons. The summed E-state index contributed by atoms with van der Waals surface area (Å²) in [5.74, 6) is 1.43. The van der Waals surface area contributed by atoms with Crippen molar-refractivity contribution >= 4 is 39.1 Å². The Labute approximate surface area is 164 Å². The van der Waals surface area contributed by atoms with Gasteiger partial charge in [-0.05, 0) is 44.2 Å². The Morgan fingerprint density at radius 2 is 2.00 bits per heavy atom. The quantitative estimate of drug-likeness (QED) is 0.545. The molecule has 0 spiro atoms. The second-order valence-electron chi connectivity index (χ2n) is 7.11. The molecule has 0 aliphatic carbocycles. The lowest BCUT2D eigenvalue weighted by atomic mass is 9.96. The minimum atomic E-state index is -0.0974. The van der Waals surface area contributed by atoms with Crippen molar-refractivity contribution in [2.45, 2.75) is 50.2 Å². The Bertz CT molecular complexity index is 591. The number of para-hydroxylation sites is 1. The summed E-state index contributed by atoms with van der Waals surface area (Å²) in [6.07, 6.45) is 7.04. The van der Waals surface area contributed by atoms with Gasteiger partial charge in [-0.1, -0.05) is 46.2 Å². The number of anilines is 1. The molecule has 4 nitrogen and oxygen atoms in total. The van der Waals surface area contributed by atoms with Gasteiger partial charge in [-0.2, -0.15) is 0 Å². The fourth-order valence-corrected chi connectivity index (χ4v) is 6.58. The van der Waals surface area contributed by atoms with Crippen LogP contribution < -0.4 is 5.32 Å². The summed E-state index contributed by atoms with van der Waals surface area (Å²) in [6, 6.07) is 9.54. The van der Waals surface area contributed by atoms with Crippen LogP contribution in [-0.2, 0) is 9.59 Å². The molecule has 1 N–H and O–H groups in total. The normalized spacial score (nSPS) is 23.0. The van der Waals surface area contributed by atoms with Crippen molar-refractivity contribution in [3.63, 3.8) is 0 Å². The van der Waals surface area contributed by atoms with Crippen LogP contribution in [0.1, 0.15) is 44.9 Å². The first kappa shape index (κ1) is 19.6. The molecule has 2 aliphatic rings. The van der Waals surface area contributed by atoms with Crippen molar-refractivity contribution in [1.29, 1.82) is 0 Å². The predicted molar refractivity (Wildman–Crippen MR) is 111 cm³/mol. The summed E-state index contributed by atoms with van der Waals surface area (Å²) in [4.78, 5) is 26.9. The summed E-state index contributed by atoms with van der Waals surface area (Å²) in [6.45, 7) is 1.36. The number of piperidine rings is 1. The molecule has 6 heteroatoms. The molecular formula is C20H28N2O2S2. The number of rotatable bonds is 7. The third-order valence-electron chi connectivity index (χ3n) is 5.08. The van der Waals surface area contributed by atoms with Crippen molar-refractivity contribution in [2.75, 3.05) is 24.2 Å². The van der Waals surface area contributed by atoms with Crippen molar-refractivity contribution in [3.8, 4) is 0 Å². The molecule has 2 heterocycles.